The molecule has 0 aliphatic carbocycles. The van der Waals surface area contributed by atoms with Gasteiger partial charge < -0.3 is 14.2 Å². The number of rotatable bonds is 4. The highest BCUT2D eigenvalue weighted by atomic mass is 79.9. The number of halogens is 1. The third kappa shape index (κ3) is 3.04. The minimum absolute atomic E-state index is 0.0230. The molecular weight excluding hydrogens is 320 g/mol. The van der Waals surface area contributed by atoms with E-state index in [9.17, 15) is 4.79 Å². The van der Waals surface area contributed by atoms with Gasteiger partial charge in [-0.15, -0.1) is 0 Å². The van der Waals surface area contributed by atoms with Gasteiger partial charge in [-0.25, -0.2) is 0 Å². The Bertz CT molecular complexity index is 692. The van der Waals surface area contributed by atoms with Crippen LogP contribution in [0.15, 0.2) is 27.5 Å². The molecule has 0 aliphatic rings. The zero-order chi connectivity index (χ0) is 14.9. The normalized spacial score (nSPS) is 11.3. The number of hydrogen-bond donors (Lipinski definition) is 0. The van der Waals surface area contributed by atoms with Crippen molar-refractivity contribution in [1.82, 2.24) is 9.47 Å². The van der Waals surface area contributed by atoms with Crippen molar-refractivity contribution in [2.24, 2.45) is 7.05 Å². The summed E-state index contributed by atoms with van der Waals surface area (Å²) in [5, 5.41) is 1.02. The first-order valence-electron chi connectivity index (χ1n) is 6.47. The molecule has 0 N–H and O–H groups in total. The van der Waals surface area contributed by atoms with Crippen LogP contribution in [0.3, 0.4) is 0 Å². The summed E-state index contributed by atoms with van der Waals surface area (Å²) in [7, 11) is 5.80. The van der Waals surface area contributed by atoms with Crippen molar-refractivity contribution in [3.63, 3.8) is 0 Å². The molecule has 1 heterocycles. The van der Waals surface area contributed by atoms with Gasteiger partial charge in [0, 0.05) is 35.1 Å². The van der Waals surface area contributed by atoms with Gasteiger partial charge in [-0.05, 0) is 49.1 Å². The standard InChI is InChI=1S/C15H19BrN2O2/c1-10-7-12-13(16)8-11(20-6-5-17(2)3)9-14(12)18(4)15(10)19/h7-9H,5-6H2,1-4H3. The number of nitrogens with zero attached hydrogens (tertiary/aromatic N) is 2. The Balaban J connectivity index is 2.43. The number of aromatic nitrogens is 1. The fraction of sp³-hybridized carbons (Fsp3) is 0.400. The molecule has 0 bridgehead atoms. The Kier molecular flexibility index (Phi) is 4.50. The number of hydrogen-bond acceptors (Lipinski definition) is 3. The summed E-state index contributed by atoms with van der Waals surface area (Å²) < 4.78 is 8.34. The summed E-state index contributed by atoms with van der Waals surface area (Å²) in [6, 6.07) is 5.77. The number of pyridine rings is 1. The van der Waals surface area contributed by atoms with E-state index in [0.29, 0.717) is 6.61 Å². The molecule has 5 heteroatoms. The average molecular weight is 339 g/mol. The van der Waals surface area contributed by atoms with Gasteiger partial charge in [-0.3, -0.25) is 4.79 Å². The summed E-state index contributed by atoms with van der Waals surface area (Å²) in [4.78, 5) is 14.1. The van der Waals surface area contributed by atoms with Crippen molar-refractivity contribution in [2.45, 2.75) is 6.92 Å². The fourth-order valence-electron chi connectivity index (χ4n) is 2.08. The number of ether oxygens (including phenoxy) is 1. The van der Waals surface area contributed by atoms with Gasteiger partial charge in [0.1, 0.15) is 12.4 Å². The summed E-state index contributed by atoms with van der Waals surface area (Å²) in [5.74, 6) is 0.769. The predicted octanol–water partition coefficient (Wildman–Crippen LogP) is 2.55. The molecule has 4 nitrogen and oxygen atoms in total. The molecule has 20 heavy (non-hydrogen) atoms. The molecule has 1 aromatic carbocycles. The van der Waals surface area contributed by atoms with Crippen LogP contribution in [0.2, 0.25) is 0 Å². The quantitative estimate of drug-likeness (QED) is 0.859. The van der Waals surface area contributed by atoms with Crippen LogP contribution >= 0.6 is 15.9 Å². The van der Waals surface area contributed by atoms with Crippen LogP contribution < -0.4 is 10.3 Å². The molecule has 0 unspecified atom stereocenters. The van der Waals surface area contributed by atoms with E-state index in [1.54, 1.807) is 11.6 Å². The first-order chi connectivity index (χ1) is 9.40. The van der Waals surface area contributed by atoms with Crippen LogP contribution in [-0.2, 0) is 7.05 Å². The van der Waals surface area contributed by atoms with E-state index in [1.807, 2.05) is 39.2 Å². The van der Waals surface area contributed by atoms with Crippen molar-refractivity contribution in [3.05, 3.63) is 38.6 Å². The van der Waals surface area contributed by atoms with Crippen LogP contribution in [-0.4, -0.2) is 36.7 Å². The molecule has 2 aromatic rings. The Hall–Kier alpha value is -1.33. The van der Waals surface area contributed by atoms with Gasteiger partial charge in [-0.1, -0.05) is 0 Å². The zero-order valence-corrected chi connectivity index (χ0v) is 13.8. The van der Waals surface area contributed by atoms with Gasteiger partial charge in [0.05, 0.1) is 5.52 Å². The van der Waals surface area contributed by atoms with Crippen LogP contribution in [0, 0.1) is 6.92 Å². The van der Waals surface area contributed by atoms with Gasteiger partial charge in [0.2, 0.25) is 0 Å². The lowest BCUT2D eigenvalue weighted by Crippen LogP contribution is -2.20. The van der Waals surface area contributed by atoms with Crippen LogP contribution in [0.4, 0.5) is 0 Å². The lowest BCUT2D eigenvalue weighted by molar-refractivity contribution is 0.261. The van der Waals surface area contributed by atoms with E-state index in [-0.39, 0.29) is 5.56 Å². The molecule has 0 aliphatic heterocycles. The Morgan fingerprint density at radius 1 is 1.30 bits per heavy atom. The Morgan fingerprint density at radius 3 is 2.65 bits per heavy atom. The predicted molar refractivity (Wildman–Crippen MR) is 85.7 cm³/mol. The SMILES string of the molecule is Cc1cc2c(Br)cc(OCCN(C)C)cc2n(C)c1=O. The first kappa shape index (κ1) is 15.1. The molecule has 0 atom stereocenters. The minimum atomic E-state index is 0.0230. The second kappa shape index (κ2) is 5.97. The van der Waals surface area contributed by atoms with E-state index in [0.717, 1.165) is 33.2 Å². The maximum Gasteiger partial charge on any atom is 0.253 e. The lowest BCUT2D eigenvalue weighted by atomic mass is 10.1. The van der Waals surface area contributed by atoms with E-state index in [1.165, 1.54) is 0 Å². The molecule has 0 amide bonds. The molecule has 0 saturated heterocycles. The summed E-state index contributed by atoms with van der Waals surface area (Å²) in [5.41, 5.74) is 1.63. The summed E-state index contributed by atoms with van der Waals surface area (Å²) in [6.07, 6.45) is 0. The minimum Gasteiger partial charge on any atom is -0.492 e. The van der Waals surface area contributed by atoms with Crippen molar-refractivity contribution < 1.29 is 4.74 Å². The van der Waals surface area contributed by atoms with E-state index >= 15 is 0 Å². The molecule has 0 spiro atoms. The zero-order valence-electron chi connectivity index (χ0n) is 12.2. The molecule has 0 radical (unpaired) electrons. The molecule has 0 fully saturated rings. The number of likely N-dealkylation sites (N-methyl/N-ethyl adjacent to an activating group) is 1. The van der Waals surface area contributed by atoms with Crippen LogP contribution in [0.25, 0.3) is 10.9 Å². The Morgan fingerprint density at radius 2 is 2.00 bits per heavy atom. The van der Waals surface area contributed by atoms with Crippen LogP contribution in [0.5, 0.6) is 5.75 Å². The van der Waals surface area contributed by atoms with Crippen LogP contribution in [0.1, 0.15) is 5.56 Å². The van der Waals surface area contributed by atoms with E-state index < -0.39 is 0 Å². The fourth-order valence-corrected chi connectivity index (χ4v) is 2.62. The maximum atomic E-state index is 12.0. The first-order valence-corrected chi connectivity index (χ1v) is 7.27. The highest BCUT2D eigenvalue weighted by Crippen LogP contribution is 2.29. The van der Waals surface area contributed by atoms with Crippen molar-refractivity contribution in [3.8, 4) is 5.75 Å². The number of aryl methyl sites for hydroxylation is 2. The largest absolute Gasteiger partial charge is 0.492 e. The monoisotopic (exact) mass is 338 g/mol. The van der Waals surface area contributed by atoms with Gasteiger partial charge in [0.15, 0.2) is 0 Å². The van der Waals surface area contributed by atoms with Gasteiger partial charge in [0.25, 0.3) is 5.56 Å². The van der Waals surface area contributed by atoms with Crippen molar-refractivity contribution in [2.75, 3.05) is 27.2 Å². The van der Waals surface area contributed by atoms with E-state index in [2.05, 4.69) is 20.8 Å². The number of fused-ring (bicyclic) bond motifs is 1. The van der Waals surface area contributed by atoms with Crippen molar-refractivity contribution >= 4 is 26.8 Å². The van der Waals surface area contributed by atoms with Crippen molar-refractivity contribution in [1.29, 1.82) is 0 Å². The summed E-state index contributed by atoms with van der Waals surface area (Å²) >= 11 is 3.56. The average Bonchev–Trinajstić information content (AvgIpc) is 2.37. The highest BCUT2D eigenvalue weighted by molar-refractivity contribution is 9.10. The maximum absolute atomic E-state index is 12.0. The molecule has 2 rings (SSSR count). The number of benzene rings is 1. The molecule has 108 valence electrons. The smallest absolute Gasteiger partial charge is 0.253 e. The second-order valence-corrected chi connectivity index (χ2v) is 6.04. The molecule has 0 saturated carbocycles. The molecule has 1 aromatic heterocycles. The third-order valence-corrected chi connectivity index (χ3v) is 3.91. The highest BCUT2D eigenvalue weighted by Gasteiger charge is 2.09. The summed E-state index contributed by atoms with van der Waals surface area (Å²) in [6.45, 7) is 3.29. The lowest BCUT2D eigenvalue weighted by Gasteiger charge is -2.14. The molecular formula is C15H19BrN2O2. The third-order valence-electron chi connectivity index (χ3n) is 3.25. The topological polar surface area (TPSA) is 34.5 Å². The Labute approximate surface area is 127 Å². The van der Waals surface area contributed by atoms with Gasteiger partial charge >= 0.3 is 0 Å². The van der Waals surface area contributed by atoms with Gasteiger partial charge in [-0.2, -0.15) is 0 Å². The van der Waals surface area contributed by atoms with E-state index in [4.69, 9.17) is 4.74 Å². The second-order valence-electron chi connectivity index (χ2n) is 5.18.